The van der Waals surface area contributed by atoms with E-state index in [-0.39, 0.29) is 29.1 Å². The average Bonchev–Trinajstić information content (AvgIpc) is 2.94. The maximum Gasteiger partial charge on any atom is 0.131 e. The number of aliphatic hydroxyl groups excluding tert-OH is 1. The van der Waals surface area contributed by atoms with Gasteiger partial charge in [-0.1, -0.05) is 26.3 Å². The summed E-state index contributed by atoms with van der Waals surface area (Å²) in [5, 5.41) is 9.50. The van der Waals surface area contributed by atoms with Crippen molar-refractivity contribution in [2.24, 2.45) is 5.41 Å². The Morgan fingerprint density at radius 3 is 2.52 bits per heavy atom. The smallest absolute Gasteiger partial charge is 0.131 e. The summed E-state index contributed by atoms with van der Waals surface area (Å²) < 4.78 is 34.7. The molecule has 1 fully saturated rings. The van der Waals surface area contributed by atoms with E-state index in [9.17, 15) is 13.9 Å². The number of halogens is 2. The molecule has 2 nitrogen and oxygen atoms in total. The van der Waals surface area contributed by atoms with Crippen LogP contribution in [0, 0.1) is 17.0 Å². The zero-order valence-electron chi connectivity index (χ0n) is 14.9. The quantitative estimate of drug-likeness (QED) is 0.800. The van der Waals surface area contributed by atoms with Crippen LogP contribution in [0.2, 0.25) is 0 Å². The molecule has 25 heavy (non-hydrogen) atoms. The highest BCUT2D eigenvalue weighted by atomic mass is 19.1. The highest BCUT2D eigenvalue weighted by Crippen LogP contribution is 2.52. The number of hydrogen-bond donors (Lipinski definition) is 1. The molecule has 1 aliphatic rings. The van der Waals surface area contributed by atoms with Crippen molar-refractivity contribution in [1.82, 2.24) is 0 Å². The van der Waals surface area contributed by atoms with Crippen molar-refractivity contribution in [3.63, 3.8) is 0 Å². The predicted molar refractivity (Wildman–Crippen MR) is 94.6 cm³/mol. The Balaban J connectivity index is 2.26. The van der Waals surface area contributed by atoms with E-state index in [2.05, 4.69) is 13.8 Å². The van der Waals surface area contributed by atoms with E-state index in [0.717, 1.165) is 24.8 Å². The first-order valence-corrected chi connectivity index (χ1v) is 8.64. The normalized spacial score (nSPS) is 19.2. The number of methoxy groups -OCH3 is 1. The van der Waals surface area contributed by atoms with E-state index >= 15 is 0 Å². The van der Waals surface area contributed by atoms with Crippen molar-refractivity contribution < 1.29 is 18.6 Å². The zero-order chi connectivity index (χ0) is 18.2. The van der Waals surface area contributed by atoms with Gasteiger partial charge >= 0.3 is 0 Å². The first-order chi connectivity index (χ1) is 11.9. The molecule has 2 aromatic rings. The van der Waals surface area contributed by atoms with Crippen LogP contribution in [0.3, 0.4) is 0 Å². The van der Waals surface area contributed by atoms with Crippen molar-refractivity contribution in [2.75, 3.05) is 7.11 Å². The monoisotopic (exact) mass is 346 g/mol. The molecular weight excluding hydrogens is 322 g/mol. The van der Waals surface area contributed by atoms with Gasteiger partial charge in [0, 0.05) is 11.1 Å². The van der Waals surface area contributed by atoms with Crippen LogP contribution in [0.4, 0.5) is 8.78 Å². The second-order valence-electron chi connectivity index (χ2n) is 7.48. The van der Waals surface area contributed by atoms with Gasteiger partial charge in [-0.2, -0.15) is 0 Å². The summed E-state index contributed by atoms with van der Waals surface area (Å²) >= 11 is 0. The second kappa shape index (κ2) is 6.75. The molecule has 0 saturated heterocycles. The summed E-state index contributed by atoms with van der Waals surface area (Å²) in [6.07, 6.45) is 3.03. The van der Waals surface area contributed by atoms with Crippen molar-refractivity contribution in [1.29, 1.82) is 0 Å². The zero-order valence-corrected chi connectivity index (χ0v) is 14.9. The molecule has 0 spiro atoms. The molecule has 0 unspecified atom stereocenters. The molecule has 0 bridgehead atoms. The minimum atomic E-state index is -0.503. The Kier molecular flexibility index (Phi) is 4.83. The Morgan fingerprint density at radius 1 is 1.16 bits per heavy atom. The van der Waals surface area contributed by atoms with E-state index in [0.29, 0.717) is 11.3 Å². The van der Waals surface area contributed by atoms with Gasteiger partial charge < -0.3 is 9.84 Å². The average molecular weight is 346 g/mol. The largest absolute Gasteiger partial charge is 0.497 e. The van der Waals surface area contributed by atoms with Crippen molar-refractivity contribution >= 4 is 0 Å². The van der Waals surface area contributed by atoms with Gasteiger partial charge in [0.15, 0.2) is 0 Å². The maximum absolute atomic E-state index is 15.0. The van der Waals surface area contributed by atoms with Crippen LogP contribution in [0.1, 0.15) is 50.2 Å². The molecule has 1 aliphatic carbocycles. The predicted octanol–water partition coefficient (Wildman–Crippen LogP) is 5.43. The third-order valence-corrected chi connectivity index (χ3v) is 5.44. The van der Waals surface area contributed by atoms with Crippen LogP contribution < -0.4 is 4.74 Å². The fraction of sp³-hybridized carbons (Fsp3) is 0.429. The summed E-state index contributed by atoms with van der Waals surface area (Å²) in [6, 6.07) is 7.49. The minimum absolute atomic E-state index is 0.00458. The summed E-state index contributed by atoms with van der Waals surface area (Å²) in [7, 11) is 1.50. The molecule has 0 aliphatic heterocycles. The van der Waals surface area contributed by atoms with E-state index in [1.54, 1.807) is 0 Å². The van der Waals surface area contributed by atoms with Crippen LogP contribution in [-0.4, -0.2) is 12.2 Å². The van der Waals surface area contributed by atoms with E-state index < -0.39 is 11.6 Å². The summed E-state index contributed by atoms with van der Waals surface area (Å²) in [6.45, 7) is 4.09. The minimum Gasteiger partial charge on any atom is -0.497 e. The first-order valence-electron chi connectivity index (χ1n) is 8.64. The lowest BCUT2D eigenvalue weighted by atomic mass is 9.75. The molecule has 134 valence electrons. The Bertz CT molecular complexity index is 784. The maximum atomic E-state index is 15.0. The lowest BCUT2D eigenvalue weighted by molar-refractivity contribution is 0.280. The molecule has 0 aromatic heterocycles. The van der Waals surface area contributed by atoms with Gasteiger partial charge in [-0.05, 0) is 59.6 Å². The standard InChI is InChI=1S/C21H24F2O2/c1-21(2)8-4-5-17(21)15-9-13(12-24)10-19(23)20(15)16-11-14(25-3)6-7-18(16)22/h6-7,9-11,17,24H,4-5,8,12H2,1-3H3/t17-/m1/s1. The number of ether oxygens (including phenoxy) is 1. The van der Waals surface area contributed by atoms with Crippen molar-refractivity contribution in [3.05, 3.63) is 53.1 Å². The van der Waals surface area contributed by atoms with Crippen LogP contribution in [0.5, 0.6) is 5.75 Å². The number of hydrogen-bond acceptors (Lipinski definition) is 2. The lowest BCUT2D eigenvalue weighted by Crippen LogP contribution is -2.17. The van der Waals surface area contributed by atoms with Crippen LogP contribution in [0.15, 0.2) is 30.3 Å². The van der Waals surface area contributed by atoms with Gasteiger partial charge in [-0.15, -0.1) is 0 Å². The number of benzene rings is 2. The molecule has 2 aromatic carbocycles. The summed E-state index contributed by atoms with van der Waals surface area (Å²) in [5.74, 6) is -0.377. The van der Waals surface area contributed by atoms with Gasteiger partial charge in [0.25, 0.3) is 0 Å². The topological polar surface area (TPSA) is 29.5 Å². The molecule has 1 saturated carbocycles. The SMILES string of the molecule is COc1ccc(F)c(-c2c(F)cc(CO)cc2[C@H]2CCCC2(C)C)c1. The van der Waals surface area contributed by atoms with Crippen molar-refractivity contribution in [2.45, 2.75) is 45.6 Å². The molecule has 3 rings (SSSR count). The van der Waals surface area contributed by atoms with Gasteiger partial charge in [-0.25, -0.2) is 8.78 Å². The molecule has 0 amide bonds. The highest BCUT2D eigenvalue weighted by Gasteiger charge is 2.37. The molecular formula is C21H24F2O2. The van der Waals surface area contributed by atoms with Crippen molar-refractivity contribution in [3.8, 4) is 16.9 Å². The third-order valence-electron chi connectivity index (χ3n) is 5.44. The molecule has 4 heteroatoms. The molecule has 1 atom stereocenters. The van der Waals surface area contributed by atoms with Gasteiger partial charge in [0.1, 0.15) is 17.4 Å². The number of aliphatic hydroxyl groups is 1. The Labute approximate surface area is 147 Å². The van der Waals surface area contributed by atoms with Crippen LogP contribution >= 0.6 is 0 Å². The van der Waals surface area contributed by atoms with Gasteiger partial charge in [-0.3, -0.25) is 0 Å². The fourth-order valence-electron chi connectivity index (χ4n) is 4.06. The Hall–Kier alpha value is -1.94. The van der Waals surface area contributed by atoms with Gasteiger partial charge in [0.2, 0.25) is 0 Å². The molecule has 0 radical (unpaired) electrons. The Morgan fingerprint density at radius 2 is 1.92 bits per heavy atom. The molecule has 0 heterocycles. The summed E-state index contributed by atoms with van der Waals surface area (Å²) in [4.78, 5) is 0. The highest BCUT2D eigenvalue weighted by molar-refractivity contribution is 5.71. The number of rotatable bonds is 4. The van der Waals surface area contributed by atoms with Crippen LogP contribution in [0.25, 0.3) is 11.1 Å². The van der Waals surface area contributed by atoms with Gasteiger partial charge in [0.05, 0.1) is 13.7 Å². The molecule has 1 N–H and O–H groups in total. The third kappa shape index (κ3) is 3.28. The lowest BCUT2D eigenvalue weighted by Gasteiger charge is -2.30. The second-order valence-corrected chi connectivity index (χ2v) is 7.48. The van der Waals surface area contributed by atoms with E-state index in [1.165, 1.54) is 31.4 Å². The first kappa shape index (κ1) is 17.9. The van der Waals surface area contributed by atoms with E-state index in [4.69, 9.17) is 4.74 Å². The fourth-order valence-corrected chi connectivity index (χ4v) is 4.06. The summed E-state index contributed by atoms with van der Waals surface area (Å²) in [5.41, 5.74) is 1.79. The van der Waals surface area contributed by atoms with Crippen LogP contribution in [-0.2, 0) is 6.61 Å². The van der Waals surface area contributed by atoms with E-state index in [1.807, 2.05) is 6.07 Å².